The topological polar surface area (TPSA) is 134 Å². The van der Waals surface area contributed by atoms with Gasteiger partial charge in [-0.15, -0.1) is 0 Å². The molecular formula is C19H34N2O7. The Morgan fingerprint density at radius 2 is 1.93 bits per heavy atom. The molecule has 28 heavy (non-hydrogen) atoms. The van der Waals surface area contributed by atoms with Gasteiger partial charge in [0.15, 0.2) is 6.10 Å². The fraction of sp³-hybridized carbons (Fsp3) is 0.842. The summed E-state index contributed by atoms with van der Waals surface area (Å²) in [5.41, 5.74) is 0. The molecule has 1 aliphatic heterocycles. The van der Waals surface area contributed by atoms with E-state index in [1.807, 2.05) is 0 Å². The SMILES string of the molecule is CCCCCCNC(=O)O[C@@H]([C@@H]1OC(C(=O)O)CC[C@H]1NC(C)=O)[C@H](C)CO. The number of carbonyl (C=O) groups is 3. The van der Waals surface area contributed by atoms with Crippen molar-refractivity contribution in [2.75, 3.05) is 13.2 Å². The Labute approximate surface area is 166 Å². The van der Waals surface area contributed by atoms with Crippen LogP contribution in [0.4, 0.5) is 4.79 Å². The summed E-state index contributed by atoms with van der Waals surface area (Å²) in [6.45, 7) is 5.32. The number of nitrogens with one attached hydrogen (secondary N) is 2. The lowest BCUT2D eigenvalue weighted by atomic mass is 9.89. The van der Waals surface area contributed by atoms with Crippen molar-refractivity contribution in [3.05, 3.63) is 0 Å². The number of rotatable bonds is 11. The molecule has 9 nitrogen and oxygen atoms in total. The van der Waals surface area contributed by atoms with Crippen LogP contribution >= 0.6 is 0 Å². The van der Waals surface area contributed by atoms with E-state index in [9.17, 15) is 24.6 Å². The van der Waals surface area contributed by atoms with E-state index in [0.29, 0.717) is 13.0 Å². The first kappa shape index (κ1) is 24.2. The third-order valence-corrected chi connectivity index (χ3v) is 4.84. The van der Waals surface area contributed by atoms with Gasteiger partial charge in [-0.2, -0.15) is 0 Å². The predicted octanol–water partition coefficient (Wildman–Crippen LogP) is 1.43. The van der Waals surface area contributed by atoms with Crippen LogP contribution in [-0.4, -0.2) is 65.7 Å². The molecule has 5 atom stereocenters. The number of carbonyl (C=O) groups excluding carboxylic acids is 2. The molecule has 2 amide bonds. The van der Waals surface area contributed by atoms with Gasteiger partial charge in [0.25, 0.3) is 0 Å². The smallest absolute Gasteiger partial charge is 0.407 e. The van der Waals surface area contributed by atoms with Crippen LogP contribution in [-0.2, 0) is 19.1 Å². The summed E-state index contributed by atoms with van der Waals surface area (Å²) in [5.74, 6) is -1.90. The van der Waals surface area contributed by atoms with Crippen LogP contribution in [0.2, 0.25) is 0 Å². The monoisotopic (exact) mass is 402 g/mol. The minimum absolute atomic E-state index is 0.237. The van der Waals surface area contributed by atoms with Gasteiger partial charge >= 0.3 is 12.1 Å². The number of carboxylic acids is 1. The van der Waals surface area contributed by atoms with Gasteiger partial charge in [0, 0.05) is 26.0 Å². The maximum absolute atomic E-state index is 12.2. The van der Waals surface area contributed by atoms with Gasteiger partial charge in [-0.05, 0) is 19.3 Å². The molecule has 0 aromatic heterocycles. The van der Waals surface area contributed by atoms with Crippen LogP contribution in [0.3, 0.4) is 0 Å². The number of aliphatic hydroxyl groups is 1. The lowest BCUT2D eigenvalue weighted by molar-refractivity contribution is -0.175. The van der Waals surface area contributed by atoms with Crippen molar-refractivity contribution in [1.82, 2.24) is 10.6 Å². The molecule has 0 radical (unpaired) electrons. The molecule has 0 spiro atoms. The third kappa shape index (κ3) is 8.02. The first-order valence-electron chi connectivity index (χ1n) is 10.0. The average Bonchev–Trinajstić information content (AvgIpc) is 2.65. The highest BCUT2D eigenvalue weighted by atomic mass is 16.6. The number of hydrogen-bond acceptors (Lipinski definition) is 6. The molecular weight excluding hydrogens is 368 g/mol. The Morgan fingerprint density at radius 1 is 1.21 bits per heavy atom. The van der Waals surface area contributed by atoms with Crippen LogP contribution < -0.4 is 10.6 Å². The lowest BCUT2D eigenvalue weighted by Gasteiger charge is -2.40. The number of alkyl carbamates (subject to hydrolysis) is 1. The van der Waals surface area contributed by atoms with Crippen LogP contribution in [0.5, 0.6) is 0 Å². The molecule has 162 valence electrons. The minimum Gasteiger partial charge on any atom is -0.479 e. The van der Waals surface area contributed by atoms with Gasteiger partial charge in [-0.25, -0.2) is 9.59 Å². The van der Waals surface area contributed by atoms with Crippen LogP contribution in [0.15, 0.2) is 0 Å². The fourth-order valence-electron chi connectivity index (χ4n) is 3.27. The van der Waals surface area contributed by atoms with E-state index < -0.39 is 42.3 Å². The van der Waals surface area contributed by atoms with Gasteiger partial charge in [-0.3, -0.25) is 4.79 Å². The molecule has 0 bridgehead atoms. The molecule has 1 unspecified atom stereocenters. The normalized spacial score (nSPS) is 24.1. The molecule has 1 saturated heterocycles. The van der Waals surface area contributed by atoms with Crippen molar-refractivity contribution in [2.45, 2.75) is 83.6 Å². The highest BCUT2D eigenvalue weighted by molar-refractivity contribution is 5.74. The molecule has 0 saturated carbocycles. The van der Waals surface area contributed by atoms with Gasteiger partial charge in [0.05, 0.1) is 6.04 Å². The lowest BCUT2D eigenvalue weighted by Crippen LogP contribution is -2.58. The van der Waals surface area contributed by atoms with Gasteiger partial charge < -0.3 is 30.3 Å². The van der Waals surface area contributed by atoms with Crippen LogP contribution in [0, 0.1) is 5.92 Å². The first-order valence-corrected chi connectivity index (χ1v) is 10.0. The Hall–Kier alpha value is -1.87. The average molecular weight is 402 g/mol. The molecule has 0 aliphatic carbocycles. The second-order valence-electron chi connectivity index (χ2n) is 7.33. The summed E-state index contributed by atoms with van der Waals surface area (Å²) in [4.78, 5) is 35.1. The zero-order valence-electron chi connectivity index (χ0n) is 17.0. The summed E-state index contributed by atoms with van der Waals surface area (Å²) >= 11 is 0. The number of amides is 2. The molecule has 0 aromatic carbocycles. The summed E-state index contributed by atoms with van der Waals surface area (Å²) in [6.07, 6.45) is 1.15. The third-order valence-electron chi connectivity index (χ3n) is 4.84. The van der Waals surface area contributed by atoms with E-state index in [-0.39, 0.29) is 18.9 Å². The minimum atomic E-state index is -1.11. The molecule has 9 heteroatoms. The maximum Gasteiger partial charge on any atom is 0.407 e. The zero-order chi connectivity index (χ0) is 21.1. The van der Waals surface area contributed by atoms with Crippen molar-refractivity contribution in [2.24, 2.45) is 5.92 Å². The van der Waals surface area contributed by atoms with E-state index in [2.05, 4.69) is 17.6 Å². The van der Waals surface area contributed by atoms with E-state index in [1.165, 1.54) is 6.92 Å². The predicted molar refractivity (Wildman–Crippen MR) is 102 cm³/mol. The Kier molecular flexibility index (Phi) is 10.8. The van der Waals surface area contributed by atoms with Crippen molar-refractivity contribution >= 4 is 18.0 Å². The van der Waals surface area contributed by atoms with Crippen molar-refractivity contribution in [1.29, 1.82) is 0 Å². The quantitative estimate of drug-likeness (QED) is 0.384. The Balaban J connectivity index is 2.82. The van der Waals surface area contributed by atoms with E-state index in [0.717, 1.165) is 25.7 Å². The Morgan fingerprint density at radius 3 is 2.50 bits per heavy atom. The number of hydrogen-bond donors (Lipinski definition) is 4. The van der Waals surface area contributed by atoms with Crippen molar-refractivity contribution in [3.63, 3.8) is 0 Å². The molecule has 0 aromatic rings. The van der Waals surface area contributed by atoms with Crippen molar-refractivity contribution in [3.8, 4) is 0 Å². The molecule has 1 heterocycles. The number of aliphatic carboxylic acids is 1. The maximum atomic E-state index is 12.2. The number of unbranched alkanes of at least 4 members (excludes halogenated alkanes) is 3. The Bertz CT molecular complexity index is 515. The second kappa shape index (κ2) is 12.6. The zero-order valence-corrected chi connectivity index (χ0v) is 17.0. The number of aliphatic hydroxyl groups excluding tert-OH is 1. The van der Waals surface area contributed by atoms with Gasteiger partial charge in [-0.1, -0.05) is 33.1 Å². The highest BCUT2D eigenvalue weighted by Gasteiger charge is 2.43. The summed E-state index contributed by atoms with van der Waals surface area (Å²) in [5, 5.41) is 24.3. The van der Waals surface area contributed by atoms with Gasteiger partial charge in [0.1, 0.15) is 12.2 Å². The van der Waals surface area contributed by atoms with E-state index >= 15 is 0 Å². The number of carboxylic acid groups (broad SMARTS) is 1. The highest BCUT2D eigenvalue weighted by Crippen LogP contribution is 2.27. The summed E-state index contributed by atoms with van der Waals surface area (Å²) in [7, 11) is 0. The molecule has 1 fully saturated rings. The van der Waals surface area contributed by atoms with E-state index in [1.54, 1.807) is 6.92 Å². The molecule has 4 N–H and O–H groups in total. The largest absolute Gasteiger partial charge is 0.479 e. The second-order valence-corrected chi connectivity index (χ2v) is 7.33. The molecule has 1 rings (SSSR count). The molecule has 1 aliphatic rings. The van der Waals surface area contributed by atoms with Crippen molar-refractivity contribution < 1.29 is 34.1 Å². The standard InChI is InChI=1S/C19H34N2O7/c1-4-5-6-7-10-20-19(26)28-16(12(2)11-22)17-14(21-13(3)23)8-9-15(27-17)18(24)25/h12,14-17,22H,4-11H2,1-3H3,(H,20,26)(H,21,23)(H,24,25)/t12-,14-,15?,16-,17-/m1/s1. The van der Waals surface area contributed by atoms with Gasteiger partial charge in [0.2, 0.25) is 5.91 Å². The summed E-state index contributed by atoms with van der Waals surface area (Å²) < 4.78 is 11.2. The number of ether oxygens (including phenoxy) is 2. The fourth-order valence-corrected chi connectivity index (χ4v) is 3.27. The van der Waals surface area contributed by atoms with E-state index in [4.69, 9.17) is 9.47 Å². The first-order chi connectivity index (χ1) is 13.3. The van der Waals surface area contributed by atoms with Crippen LogP contribution in [0.25, 0.3) is 0 Å². The summed E-state index contributed by atoms with van der Waals surface area (Å²) in [6, 6.07) is -0.510. The van der Waals surface area contributed by atoms with Crippen LogP contribution in [0.1, 0.15) is 59.3 Å².